The Hall–Kier alpha value is -2.65. The number of fused-ring (bicyclic) bond motifs is 3. The Balaban J connectivity index is 1.15. The first-order valence-electron chi connectivity index (χ1n) is 11.8. The summed E-state index contributed by atoms with van der Waals surface area (Å²) in [4.78, 5) is 38.7. The highest BCUT2D eigenvalue weighted by Gasteiger charge is 2.28. The van der Waals surface area contributed by atoms with E-state index in [9.17, 15) is 9.59 Å². The topological polar surface area (TPSA) is 101 Å². The lowest BCUT2D eigenvalue weighted by Gasteiger charge is -2.31. The number of likely N-dealkylation sites (tertiary alicyclic amines) is 1. The van der Waals surface area contributed by atoms with Gasteiger partial charge in [-0.3, -0.25) is 9.59 Å². The maximum atomic E-state index is 12.8. The van der Waals surface area contributed by atoms with E-state index >= 15 is 0 Å². The number of hydrogen-bond donors (Lipinski definition) is 2. The number of carbonyl (C=O) groups excluding carboxylic acids is 2. The van der Waals surface area contributed by atoms with Gasteiger partial charge in [0, 0.05) is 29.6 Å². The van der Waals surface area contributed by atoms with Crippen molar-refractivity contribution >= 4 is 56.6 Å². The van der Waals surface area contributed by atoms with Gasteiger partial charge >= 0.3 is 0 Å². The number of anilines is 2. The van der Waals surface area contributed by atoms with E-state index in [1.807, 2.05) is 35.2 Å². The summed E-state index contributed by atoms with van der Waals surface area (Å²) in [5, 5.41) is 4.54. The van der Waals surface area contributed by atoms with Crippen LogP contribution in [0.3, 0.4) is 0 Å². The van der Waals surface area contributed by atoms with Crippen molar-refractivity contribution < 1.29 is 9.59 Å². The molecule has 0 spiro atoms. The minimum absolute atomic E-state index is 0.0258. The molecule has 3 N–H and O–H groups in total. The third-order valence-corrected chi connectivity index (χ3v) is 8.73. The van der Waals surface area contributed by atoms with Gasteiger partial charge in [0.25, 0.3) is 0 Å². The Labute approximate surface area is 207 Å². The summed E-state index contributed by atoms with van der Waals surface area (Å²) >= 11 is 3.06. The Morgan fingerprint density at radius 2 is 1.94 bits per heavy atom. The third kappa shape index (κ3) is 4.90. The fourth-order valence-electron chi connectivity index (χ4n) is 4.79. The van der Waals surface area contributed by atoms with E-state index < -0.39 is 0 Å². The molecule has 1 aliphatic carbocycles. The van der Waals surface area contributed by atoms with Crippen LogP contribution in [0.4, 0.5) is 11.5 Å². The van der Waals surface area contributed by atoms with E-state index in [2.05, 4.69) is 17.2 Å². The fourth-order valence-corrected chi connectivity index (χ4v) is 6.99. The highest BCUT2D eigenvalue weighted by atomic mass is 32.2. The second-order valence-electron chi connectivity index (χ2n) is 9.22. The first-order chi connectivity index (χ1) is 16.5. The van der Waals surface area contributed by atoms with Crippen LogP contribution in [0.2, 0.25) is 0 Å². The predicted octanol–water partition coefficient (Wildman–Crippen LogP) is 4.37. The molecule has 2 amide bonds. The largest absolute Gasteiger partial charge is 0.383 e. The van der Waals surface area contributed by atoms with Crippen LogP contribution in [0.25, 0.3) is 10.2 Å². The van der Waals surface area contributed by atoms with Crippen LogP contribution in [0, 0.1) is 11.8 Å². The van der Waals surface area contributed by atoms with Crippen molar-refractivity contribution in [2.24, 2.45) is 11.8 Å². The summed E-state index contributed by atoms with van der Waals surface area (Å²) in [6.45, 7) is 3.46. The summed E-state index contributed by atoms with van der Waals surface area (Å²) in [5.74, 6) is 1.49. The summed E-state index contributed by atoms with van der Waals surface area (Å²) in [6, 6.07) is 9.48. The molecule has 0 unspecified atom stereocenters. The molecule has 5 rings (SSSR count). The van der Waals surface area contributed by atoms with Crippen molar-refractivity contribution in [2.45, 2.75) is 44.2 Å². The van der Waals surface area contributed by atoms with Crippen molar-refractivity contribution in [3.63, 3.8) is 0 Å². The van der Waals surface area contributed by atoms with Crippen LogP contribution in [-0.4, -0.2) is 45.5 Å². The number of benzene rings is 1. The molecule has 0 radical (unpaired) electrons. The van der Waals surface area contributed by atoms with E-state index in [1.54, 1.807) is 11.3 Å². The van der Waals surface area contributed by atoms with Crippen molar-refractivity contribution in [3.8, 4) is 0 Å². The number of thioether (sulfide) groups is 1. The van der Waals surface area contributed by atoms with Gasteiger partial charge in [-0.2, -0.15) is 0 Å². The number of aryl methyl sites for hydroxylation is 1. The van der Waals surface area contributed by atoms with E-state index in [4.69, 9.17) is 10.7 Å². The molecule has 7 nitrogen and oxygen atoms in total. The fraction of sp³-hybridized carbons (Fsp3) is 0.440. The zero-order chi connectivity index (χ0) is 23.7. The van der Waals surface area contributed by atoms with E-state index in [0.29, 0.717) is 42.8 Å². The lowest BCUT2D eigenvalue weighted by atomic mass is 9.89. The zero-order valence-corrected chi connectivity index (χ0v) is 20.9. The third-order valence-electron chi connectivity index (χ3n) is 6.75. The molecule has 0 saturated carbocycles. The SMILES string of the molecule is C[C@@H]1CCc2c(sc3nc(SCC(=O)N4CCC(C(=O)Nc5ccccc5)CC4)nc(N)c23)C1. The van der Waals surface area contributed by atoms with Crippen molar-refractivity contribution in [2.75, 3.05) is 29.9 Å². The second-order valence-corrected chi connectivity index (χ2v) is 11.2. The normalized spacial score (nSPS) is 18.6. The molecular formula is C25H29N5O2S2. The number of nitrogens with two attached hydrogens (primary N) is 1. The molecule has 0 bridgehead atoms. The number of piperidine rings is 1. The van der Waals surface area contributed by atoms with Crippen molar-refractivity contribution in [1.82, 2.24) is 14.9 Å². The number of rotatable bonds is 5. The molecule has 2 aromatic heterocycles. The summed E-state index contributed by atoms with van der Waals surface area (Å²) in [5.41, 5.74) is 8.44. The van der Waals surface area contributed by atoms with Crippen LogP contribution in [0.5, 0.6) is 0 Å². The van der Waals surface area contributed by atoms with Gasteiger partial charge in [-0.1, -0.05) is 36.9 Å². The lowest BCUT2D eigenvalue weighted by Crippen LogP contribution is -2.42. The Morgan fingerprint density at radius 1 is 1.18 bits per heavy atom. The van der Waals surface area contributed by atoms with Gasteiger partial charge in [-0.15, -0.1) is 11.3 Å². The van der Waals surface area contributed by atoms with Crippen LogP contribution < -0.4 is 11.1 Å². The summed E-state index contributed by atoms with van der Waals surface area (Å²) in [6.07, 6.45) is 4.63. The highest BCUT2D eigenvalue weighted by Crippen LogP contribution is 2.40. The van der Waals surface area contributed by atoms with Gasteiger partial charge in [-0.25, -0.2) is 9.97 Å². The van der Waals surface area contributed by atoms with Crippen LogP contribution in [0.15, 0.2) is 35.5 Å². The van der Waals surface area contributed by atoms with E-state index in [1.165, 1.54) is 28.6 Å². The first kappa shape index (κ1) is 23.1. The first-order valence-corrected chi connectivity index (χ1v) is 13.6. The molecule has 1 saturated heterocycles. The molecule has 1 aliphatic heterocycles. The number of carbonyl (C=O) groups is 2. The second kappa shape index (κ2) is 9.92. The molecule has 9 heteroatoms. The van der Waals surface area contributed by atoms with Crippen LogP contribution >= 0.6 is 23.1 Å². The smallest absolute Gasteiger partial charge is 0.233 e. The molecule has 3 heterocycles. The molecule has 1 fully saturated rings. The van der Waals surface area contributed by atoms with E-state index in [-0.39, 0.29) is 23.5 Å². The minimum atomic E-state index is -0.0740. The standard InChI is InChI=1S/C25H29N5O2S2/c1-15-7-8-18-19(13-15)34-24-21(18)22(26)28-25(29-24)33-14-20(31)30-11-9-16(10-12-30)23(32)27-17-5-3-2-4-6-17/h2-6,15-16H,7-14H2,1H3,(H,27,32)(H2,26,28,29)/t15-/m1/s1. The lowest BCUT2D eigenvalue weighted by molar-refractivity contribution is -0.132. The van der Waals surface area contributed by atoms with Crippen LogP contribution in [-0.2, 0) is 22.4 Å². The van der Waals surface area contributed by atoms with Gasteiger partial charge in [0.05, 0.1) is 11.1 Å². The number of amides is 2. The molecule has 34 heavy (non-hydrogen) atoms. The number of thiophene rings is 1. The number of nitrogens with zero attached hydrogens (tertiary/aromatic N) is 3. The number of para-hydroxylation sites is 1. The molecule has 2 aliphatic rings. The van der Waals surface area contributed by atoms with Crippen LogP contribution in [0.1, 0.15) is 36.6 Å². The van der Waals surface area contributed by atoms with Crippen molar-refractivity contribution in [3.05, 3.63) is 40.8 Å². The van der Waals surface area contributed by atoms with Crippen molar-refractivity contribution in [1.29, 1.82) is 0 Å². The Morgan fingerprint density at radius 3 is 2.71 bits per heavy atom. The molecule has 178 valence electrons. The monoisotopic (exact) mass is 495 g/mol. The summed E-state index contributed by atoms with van der Waals surface area (Å²) < 4.78 is 0. The predicted molar refractivity (Wildman–Crippen MR) is 138 cm³/mol. The van der Waals surface area contributed by atoms with E-state index in [0.717, 1.165) is 28.7 Å². The molecular weight excluding hydrogens is 466 g/mol. The number of aromatic nitrogens is 2. The maximum Gasteiger partial charge on any atom is 0.233 e. The zero-order valence-electron chi connectivity index (χ0n) is 19.3. The van der Waals surface area contributed by atoms with Gasteiger partial charge < -0.3 is 16.0 Å². The number of hydrogen-bond acceptors (Lipinski definition) is 7. The quantitative estimate of drug-likeness (QED) is 0.403. The highest BCUT2D eigenvalue weighted by molar-refractivity contribution is 7.99. The average molecular weight is 496 g/mol. The maximum absolute atomic E-state index is 12.8. The van der Waals surface area contributed by atoms with Gasteiger partial charge in [0.15, 0.2) is 5.16 Å². The molecule has 1 atom stereocenters. The van der Waals surface area contributed by atoms with Gasteiger partial charge in [0.1, 0.15) is 10.6 Å². The Kier molecular flexibility index (Phi) is 6.74. The minimum Gasteiger partial charge on any atom is -0.383 e. The Bertz CT molecular complexity index is 1200. The molecule has 3 aromatic rings. The molecule has 1 aromatic carbocycles. The van der Waals surface area contributed by atoms with Gasteiger partial charge in [-0.05, 0) is 55.7 Å². The van der Waals surface area contributed by atoms with Gasteiger partial charge in [0.2, 0.25) is 11.8 Å². The summed E-state index contributed by atoms with van der Waals surface area (Å²) in [7, 11) is 0. The average Bonchev–Trinajstić information content (AvgIpc) is 3.21. The number of nitrogen functional groups attached to an aromatic ring is 1. The number of nitrogens with one attached hydrogen (secondary N) is 1.